The second kappa shape index (κ2) is 8.84. The van der Waals surface area contributed by atoms with Crippen molar-refractivity contribution in [2.45, 2.75) is 91.6 Å². The molecule has 0 fully saturated rings. The molecule has 0 spiro atoms. The third-order valence-corrected chi connectivity index (χ3v) is 9.06. The van der Waals surface area contributed by atoms with Crippen LogP contribution in [0.25, 0.3) is 0 Å². The number of esters is 1. The molecule has 0 heterocycles. The zero-order valence-corrected chi connectivity index (χ0v) is 19.3. The molecule has 0 aromatic rings. The first-order valence-electron chi connectivity index (χ1n) is 9.21. The number of rotatable bonds is 8. The van der Waals surface area contributed by atoms with Crippen LogP contribution in [-0.2, 0) is 18.8 Å². The van der Waals surface area contributed by atoms with Crippen molar-refractivity contribution in [1.29, 1.82) is 0 Å². The van der Waals surface area contributed by atoms with Gasteiger partial charge in [0, 0.05) is 12.0 Å². The third-order valence-electron chi connectivity index (χ3n) is 4.62. The Labute approximate surface area is 160 Å². The van der Waals surface area contributed by atoms with Crippen LogP contribution in [0.3, 0.4) is 0 Å². The van der Waals surface area contributed by atoms with Gasteiger partial charge in [0.25, 0.3) is 0 Å². The monoisotopic (exact) mass is 389 g/mol. The minimum atomic E-state index is -2.21. The average molecular weight is 390 g/mol. The topological polar surface area (TPSA) is 84.9 Å². The van der Waals surface area contributed by atoms with Crippen LogP contribution in [0.4, 0.5) is 0 Å². The number of carbonyl (C=O) groups is 2. The van der Waals surface area contributed by atoms with Crippen LogP contribution >= 0.6 is 0 Å². The summed E-state index contributed by atoms with van der Waals surface area (Å²) in [6.07, 6.45) is -0.693. The molecule has 0 radical (unpaired) electrons. The fourth-order valence-electron chi connectivity index (χ4n) is 1.90. The summed E-state index contributed by atoms with van der Waals surface area (Å²) < 4.78 is 11.5. The first-order chi connectivity index (χ1) is 11.4. The Balaban J connectivity index is 5.03. The van der Waals surface area contributed by atoms with E-state index in [9.17, 15) is 14.7 Å². The van der Waals surface area contributed by atoms with Gasteiger partial charge in [-0.1, -0.05) is 34.6 Å². The van der Waals surface area contributed by atoms with E-state index >= 15 is 0 Å². The highest BCUT2D eigenvalue weighted by Crippen LogP contribution is 2.39. The van der Waals surface area contributed by atoms with E-state index < -0.39 is 25.4 Å². The lowest BCUT2D eigenvalue weighted by Crippen LogP contribution is -2.55. The van der Waals surface area contributed by atoms with Gasteiger partial charge in [0.15, 0.2) is 8.32 Å². The molecule has 26 heavy (non-hydrogen) atoms. The van der Waals surface area contributed by atoms with Crippen LogP contribution in [0, 0.1) is 5.41 Å². The van der Waals surface area contributed by atoms with Gasteiger partial charge >= 0.3 is 5.97 Å². The number of aliphatic hydroxyl groups excluding tert-OH is 1. The summed E-state index contributed by atoms with van der Waals surface area (Å²) in [5.74, 6) is -0.668. The first-order valence-corrected chi connectivity index (χ1v) is 12.1. The van der Waals surface area contributed by atoms with E-state index in [0.29, 0.717) is 0 Å². The van der Waals surface area contributed by atoms with Gasteiger partial charge in [0.05, 0.1) is 13.0 Å². The molecule has 0 rings (SSSR count). The molecular formula is C19H39NO5Si. The molecule has 154 valence electrons. The predicted octanol–water partition coefficient (Wildman–Crippen LogP) is 3.24. The lowest BCUT2D eigenvalue weighted by Gasteiger charge is -2.43. The Morgan fingerprint density at radius 1 is 1.04 bits per heavy atom. The van der Waals surface area contributed by atoms with E-state index in [4.69, 9.17) is 9.16 Å². The molecule has 0 aliphatic carbocycles. The Morgan fingerprint density at radius 3 is 1.92 bits per heavy atom. The van der Waals surface area contributed by atoms with E-state index in [1.807, 2.05) is 0 Å². The maximum absolute atomic E-state index is 12.7. The van der Waals surface area contributed by atoms with Crippen molar-refractivity contribution in [1.82, 2.24) is 5.32 Å². The van der Waals surface area contributed by atoms with Gasteiger partial charge in [-0.3, -0.25) is 9.59 Å². The van der Waals surface area contributed by atoms with E-state index in [-0.39, 0.29) is 36.5 Å². The summed E-state index contributed by atoms with van der Waals surface area (Å²) in [7, 11) is -2.21. The van der Waals surface area contributed by atoms with Crippen LogP contribution in [0.5, 0.6) is 0 Å². The molecule has 0 aliphatic rings. The van der Waals surface area contributed by atoms with Crippen molar-refractivity contribution in [2.75, 3.05) is 13.2 Å². The Hall–Kier alpha value is -0.923. The summed E-state index contributed by atoms with van der Waals surface area (Å²) in [6, 6.07) is 0. The highest BCUT2D eigenvalue weighted by atomic mass is 28.4. The standard InChI is InChI=1S/C19H39NO5Si/c1-17(2,3)24-14(22)11-12-20-16(23)15(19(7,8)13-21)25-26(9,10)18(4,5)6/h15,21H,11-13H2,1-10H3,(H,20,23)/t15-/m0/s1. The largest absolute Gasteiger partial charge is 0.460 e. The van der Waals surface area contributed by atoms with Crippen molar-refractivity contribution >= 4 is 20.2 Å². The summed E-state index contributed by atoms with van der Waals surface area (Å²) in [5, 5.41) is 12.4. The summed E-state index contributed by atoms with van der Waals surface area (Å²) in [5.41, 5.74) is -1.28. The number of ether oxygens (including phenoxy) is 1. The van der Waals surface area contributed by atoms with Gasteiger partial charge in [0.2, 0.25) is 5.91 Å². The molecule has 1 amide bonds. The average Bonchev–Trinajstić information content (AvgIpc) is 2.41. The van der Waals surface area contributed by atoms with Gasteiger partial charge in [-0.05, 0) is 38.9 Å². The first kappa shape index (κ1) is 25.1. The number of hydrogen-bond donors (Lipinski definition) is 2. The van der Waals surface area contributed by atoms with Crippen molar-refractivity contribution in [3.05, 3.63) is 0 Å². The fourth-order valence-corrected chi connectivity index (χ4v) is 3.26. The summed E-state index contributed by atoms with van der Waals surface area (Å²) >= 11 is 0. The molecule has 0 aliphatic heterocycles. The van der Waals surface area contributed by atoms with Gasteiger partial charge in [-0.2, -0.15) is 0 Å². The van der Waals surface area contributed by atoms with E-state index in [1.165, 1.54) is 0 Å². The molecular weight excluding hydrogens is 350 g/mol. The van der Waals surface area contributed by atoms with Crippen LogP contribution in [-0.4, -0.2) is 50.2 Å². The Bertz CT molecular complexity index is 489. The van der Waals surface area contributed by atoms with E-state index in [0.717, 1.165) is 0 Å². The maximum Gasteiger partial charge on any atom is 0.308 e. The van der Waals surface area contributed by atoms with Crippen molar-refractivity contribution in [2.24, 2.45) is 5.41 Å². The number of amides is 1. The summed E-state index contributed by atoms with van der Waals surface area (Å²) in [4.78, 5) is 24.5. The number of hydrogen-bond acceptors (Lipinski definition) is 5. The third kappa shape index (κ3) is 8.18. The van der Waals surface area contributed by atoms with Crippen LogP contribution in [0.1, 0.15) is 61.8 Å². The SMILES string of the molecule is CC(C)(C)OC(=O)CCNC(=O)[C@H](O[Si](C)(C)C(C)(C)C)C(C)(C)CO. The molecule has 1 atom stereocenters. The lowest BCUT2D eigenvalue weighted by atomic mass is 9.87. The second-order valence-electron chi connectivity index (χ2n) is 10.0. The fraction of sp³-hybridized carbons (Fsp3) is 0.895. The zero-order valence-electron chi connectivity index (χ0n) is 18.3. The van der Waals surface area contributed by atoms with Crippen molar-refractivity contribution < 1.29 is 23.9 Å². The number of nitrogens with one attached hydrogen (secondary N) is 1. The highest BCUT2D eigenvalue weighted by Gasteiger charge is 2.45. The van der Waals surface area contributed by atoms with Crippen LogP contribution in [0.15, 0.2) is 0 Å². The molecule has 0 saturated heterocycles. The van der Waals surface area contributed by atoms with Gasteiger partial charge in [0.1, 0.15) is 11.7 Å². The molecule has 7 heteroatoms. The lowest BCUT2D eigenvalue weighted by molar-refractivity contribution is -0.154. The molecule has 0 unspecified atom stereocenters. The van der Waals surface area contributed by atoms with E-state index in [1.54, 1.807) is 34.6 Å². The molecule has 0 bridgehead atoms. The van der Waals surface area contributed by atoms with Gasteiger partial charge in [-0.25, -0.2) is 0 Å². The molecule has 6 nitrogen and oxygen atoms in total. The molecule has 0 aromatic heterocycles. The summed E-state index contributed by atoms with van der Waals surface area (Å²) in [6.45, 7) is 19.5. The Morgan fingerprint density at radius 2 is 1.54 bits per heavy atom. The highest BCUT2D eigenvalue weighted by molar-refractivity contribution is 6.74. The minimum absolute atomic E-state index is 0.0619. The van der Waals surface area contributed by atoms with Crippen molar-refractivity contribution in [3.8, 4) is 0 Å². The number of carbonyl (C=O) groups excluding carboxylic acids is 2. The minimum Gasteiger partial charge on any atom is -0.460 e. The predicted molar refractivity (Wildman–Crippen MR) is 106 cm³/mol. The van der Waals surface area contributed by atoms with E-state index in [2.05, 4.69) is 39.2 Å². The zero-order chi connectivity index (χ0) is 21.0. The van der Waals surface area contributed by atoms with Gasteiger partial charge < -0.3 is 19.6 Å². The molecule has 0 aromatic carbocycles. The maximum atomic E-state index is 12.7. The second-order valence-corrected chi connectivity index (χ2v) is 14.8. The number of aliphatic hydroxyl groups is 1. The Kier molecular flexibility index (Phi) is 8.53. The molecule has 2 N–H and O–H groups in total. The van der Waals surface area contributed by atoms with Gasteiger partial charge in [-0.15, -0.1) is 0 Å². The normalized spacial score (nSPS) is 14.7. The van der Waals surface area contributed by atoms with Crippen molar-refractivity contribution in [3.63, 3.8) is 0 Å². The van der Waals surface area contributed by atoms with Crippen LogP contribution in [0.2, 0.25) is 18.1 Å². The smallest absolute Gasteiger partial charge is 0.308 e. The van der Waals surface area contributed by atoms with Crippen LogP contribution < -0.4 is 5.32 Å². The quantitative estimate of drug-likeness (QED) is 0.492. The molecule has 0 saturated carbocycles.